The molecule has 0 spiro atoms. The molecule has 1 atom stereocenters. The Bertz CT molecular complexity index is 482. The van der Waals surface area contributed by atoms with Gasteiger partial charge in [0.1, 0.15) is 0 Å². The van der Waals surface area contributed by atoms with E-state index in [0.29, 0.717) is 23.6 Å². The number of hydrogen-bond acceptors (Lipinski definition) is 3. The number of hydrogen-bond donors (Lipinski definition) is 3. The lowest BCUT2D eigenvalue weighted by Crippen LogP contribution is -2.32. The summed E-state index contributed by atoms with van der Waals surface area (Å²) < 4.78 is 0. The molecular weight excluding hydrogens is 254 g/mol. The van der Waals surface area contributed by atoms with Crippen LogP contribution in [0.25, 0.3) is 0 Å². The van der Waals surface area contributed by atoms with Gasteiger partial charge in [-0.2, -0.15) is 0 Å². The highest BCUT2D eigenvalue weighted by atomic mass is 16.2. The van der Waals surface area contributed by atoms with Crippen LogP contribution in [0.3, 0.4) is 0 Å². The first-order valence-electron chi connectivity index (χ1n) is 7.02. The molecule has 0 radical (unpaired) electrons. The molecule has 0 saturated carbocycles. The topological polar surface area (TPSA) is 70.2 Å². The molecule has 3 N–H and O–H groups in total. The summed E-state index contributed by atoms with van der Waals surface area (Å²) in [6.07, 6.45) is 2.75. The molecule has 2 rings (SSSR count). The molecule has 1 saturated heterocycles. The molecule has 0 aromatic heterocycles. The third-order valence-corrected chi connectivity index (χ3v) is 3.51. The summed E-state index contributed by atoms with van der Waals surface area (Å²) in [5, 5.41) is 8.73. The van der Waals surface area contributed by atoms with Crippen molar-refractivity contribution < 1.29 is 9.59 Å². The van der Waals surface area contributed by atoms with Crippen LogP contribution in [0.1, 0.15) is 29.6 Å². The number of carbonyl (C=O) groups excluding carboxylic acids is 2. The van der Waals surface area contributed by atoms with E-state index in [2.05, 4.69) is 16.0 Å². The summed E-state index contributed by atoms with van der Waals surface area (Å²) in [6, 6.07) is 6.97. The van der Waals surface area contributed by atoms with E-state index in [1.807, 2.05) is 0 Å². The number of carbonyl (C=O) groups is 2. The minimum atomic E-state index is -0.155. The highest BCUT2D eigenvalue weighted by molar-refractivity contribution is 5.97. The van der Waals surface area contributed by atoms with Gasteiger partial charge in [0, 0.05) is 24.7 Å². The Morgan fingerprint density at radius 2 is 2.25 bits per heavy atom. The molecule has 5 heteroatoms. The molecule has 1 aliphatic heterocycles. The zero-order valence-corrected chi connectivity index (χ0v) is 11.7. The van der Waals surface area contributed by atoms with Gasteiger partial charge < -0.3 is 16.0 Å². The molecule has 1 fully saturated rings. The molecule has 1 aromatic carbocycles. The number of amides is 2. The predicted molar refractivity (Wildman–Crippen MR) is 78.7 cm³/mol. The second-order valence-electron chi connectivity index (χ2n) is 5.12. The predicted octanol–water partition coefficient (Wildman–Crippen LogP) is 1.37. The molecule has 108 valence electrons. The van der Waals surface area contributed by atoms with Crippen LogP contribution in [0, 0.1) is 5.92 Å². The normalized spacial score (nSPS) is 18.4. The van der Waals surface area contributed by atoms with Gasteiger partial charge in [-0.25, -0.2) is 0 Å². The van der Waals surface area contributed by atoms with Crippen LogP contribution < -0.4 is 16.0 Å². The standard InChI is InChI=1S/C15H21N3O2/c1-16-15(20)12-5-2-6-13(9-12)18-14(19)8-11-4-3-7-17-10-11/h2,5-6,9,11,17H,3-4,7-8,10H2,1H3,(H,16,20)(H,18,19). The average Bonchev–Trinajstić information content (AvgIpc) is 2.47. The quantitative estimate of drug-likeness (QED) is 0.777. The maximum atomic E-state index is 12.0. The maximum absolute atomic E-state index is 12.0. The largest absolute Gasteiger partial charge is 0.355 e. The second kappa shape index (κ2) is 7.05. The molecule has 2 amide bonds. The molecule has 1 aromatic rings. The van der Waals surface area contributed by atoms with Crippen LogP contribution in [-0.2, 0) is 4.79 Å². The fourth-order valence-corrected chi connectivity index (χ4v) is 2.45. The number of piperidine rings is 1. The van der Waals surface area contributed by atoms with E-state index >= 15 is 0 Å². The summed E-state index contributed by atoms with van der Waals surface area (Å²) in [7, 11) is 1.59. The number of anilines is 1. The van der Waals surface area contributed by atoms with Crippen LogP contribution in [0.2, 0.25) is 0 Å². The van der Waals surface area contributed by atoms with Crippen molar-refractivity contribution in [1.82, 2.24) is 10.6 Å². The Hall–Kier alpha value is -1.88. The number of nitrogens with one attached hydrogen (secondary N) is 3. The lowest BCUT2D eigenvalue weighted by Gasteiger charge is -2.22. The summed E-state index contributed by atoms with van der Waals surface area (Å²) in [5.74, 6) is 0.260. The lowest BCUT2D eigenvalue weighted by atomic mass is 9.96. The van der Waals surface area contributed by atoms with Crippen molar-refractivity contribution >= 4 is 17.5 Å². The summed E-state index contributed by atoms with van der Waals surface area (Å²) in [4.78, 5) is 23.5. The van der Waals surface area contributed by atoms with Crippen molar-refractivity contribution in [2.24, 2.45) is 5.92 Å². The number of benzene rings is 1. The van der Waals surface area contributed by atoms with E-state index < -0.39 is 0 Å². The second-order valence-corrected chi connectivity index (χ2v) is 5.12. The number of rotatable bonds is 4. The van der Waals surface area contributed by atoms with Gasteiger partial charge in [-0.05, 0) is 50.0 Å². The monoisotopic (exact) mass is 275 g/mol. The molecular formula is C15H21N3O2. The van der Waals surface area contributed by atoms with Crippen molar-refractivity contribution in [3.63, 3.8) is 0 Å². The van der Waals surface area contributed by atoms with Crippen LogP contribution in [0.15, 0.2) is 24.3 Å². The van der Waals surface area contributed by atoms with Crippen LogP contribution in [0.5, 0.6) is 0 Å². The van der Waals surface area contributed by atoms with E-state index in [-0.39, 0.29) is 11.8 Å². The smallest absolute Gasteiger partial charge is 0.251 e. The SMILES string of the molecule is CNC(=O)c1cccc(NC(=O)CC2CCCNC2)c1. The van der Waals surface area contributed by atoms with Crippen molar-refractivity contribution in [2.75, 3.05) is 25.5 Å². The molecule has 1 unspecified atom stereocenters. The van der Waals surface area contributed by atoms with E-state index in [0.717, 1.165) is 25.9 Å². The average molecular weight is 275 g/mol. The maximum Gasteiger partial charge on any atom is 0.251 e. The van der Waals surface area contributed by atoms with Gasteiger partial charge >= 0.3 is 0 Å². The molecule has 5 nitrogen and oxygen atoms in total. The fourth-order valence-electron chi connectivity index (χ4n) is 2.45. The van der Waals surface area contributed by atoms with Gasteiger partial charge in [0.15, 0.2) is 0 Å². The first-order chi connectivity index (χ1) is 9.69. The van der Waals surface area contributed by atoms with Crippen molar-refractivity contribution in [2.45, 2.75) is 19.3 Å². The minimum Gasteiger partial charge on any atom is -0.355 e. The molecule has 1 aliphatic rings. The van der Waals surface area contributed by atoms with Gasteiger partial charge in [-0.3, -0.25) is 9.59 Å². The fraction of sp³-hybridized carbons (Fsp3) is 0.467. The lowest BCUT2D eigenvalue weighted by molar-refractivity contribution is -0.117. The summed E-state index contributed by atoms with van der Waals surface area (Å²) in [6.45, 7) is 1.96. The highest BCUT2D eigenvalue weighted by Gasteiger charge is 2.16. The van der Waals surface area contributed by atoms with Crippen molar-refractivity contribution in [3.8, 4) is 0 Å². The molecule has 1 heterocycles. The van der Waals surface area contributed by atoms with E-state index in [4.69, 9.17) is 0 Å². The van der Waals surface area contributed by atoms with Crippen LogP contribution in [0.4, 0.5) is 5.69 Å². The van der Waals surface area contributed by atoms with Gasteiger partial charge in [0.2, 0.25) is 5.91 Å². The zero-order chi connectivity index (χ0) is 14.4. The highest BCUT2D eigenvalue weighted by Crippen LogP contribution is 2.16. The molecule has 0 aliphatic carbocycles. The Balaban J connectivity index is 1.91. The Labute approximate surface area is 119 Å². The molecule has 20 heavy (non-hydrogen) atoms. The van der Waals surface area contributed by atoms with Crippen molar-refractivity contribution in [1.29, 1.82) is 0 Å². The third kappa shape index (κ3) is 4.06. The Morgan fingerprint density at radius 3 is 2.95 bits per heavy atom. The van der Waals surface area contributed by atoms with Crippen LogP contribution in [-0.4, -0.2) is 32.0 Å². The van der Waals surface area contributed by atoms with Crippen LogP contribution >= 0.6 is 0 Å². The summed E-state index contributed by atoms with van der Waals surface area (Å²) >= 11 is 0. The zero-order valence-electron chi connectivity index (χ0n) is 11.7. The summed E-state index contributed by atoms with van der Waals surface area (Å²) in [5.41, 5.74) is 1.21. The minimum absolute atomic E-state index is 0.00718. The van der Waals surface area contributed by atoms with E-state index in [1.54, 1.807) is 31.3 Å². The van der Waals surface area contributed by atoms with Gasteiger partial charge in [-0.15, -0.1) is 0 Å². The Kier molecular flexibility index (Phi) is 5.12. The van der Waals surface area contributed by atoms with Gasteiger partial charge in [0.25, 0.3) is 5.91 Å². The first-order valence-corrected chi connectivity index (χ1v) is 7.02. The Morgan fingerprint density at radius 1 is 1.40 bits per heavy atom. The third-order valence-electron chi connectivity index (χ3n) is 3.51. The van der Waals surface area contributed by atoms with Crippen molar-refractivity contribution in [3.05, 3.63) is 29.8 Å². The van der Waals surface area contributed by atoms with E-state index in [1.165, 1.54) is 0 Å². The molecule has 0 bridgehead atoms. The van der Waals surface area contributed by atoms with E-state index in [9.17, 15) is 9.59 Å². The van der Waals surface area contributed by atoms with Gasteiger partial charge in [-0.1, -0.05) is 6.07 Å². The van der Waals surface area contributed by atoms with Gasteiger partial charge in [0.05, 0.1) is 0 Å². The first kappa shape index (κ1) is 14.5.